The third kappa shape index (κ3) is 5.25. The fraction of sp³-hybridized carbons (Fsp3) is 0.143. The number of sulfonamides is 1. The summed E-state index contributed by atoms with van der Waals surface area (Å²) in [6.45, 7) is 2.50. The topological polar surface area (TPSA) is 88.2 Å². The highest BCUT2D eigenvalue weighted by atomic mass is 32.2. The zero-order valence-corrected chi connectivity index (χ0v) is 16.2. The Hall–Kier alpha value is -3.03. The second-order valence-electron chi connectivity index (χ2n) is 6.38. The molecule has 0 bridgehead atoms. The van der Waals surface area contributed by atoms with Crippen LogP contribution in [0.25, 0.3) is 0 Å². The van der Waals surface area contributed by atoms with Crippen molar-refractivity contribution in [2.24, 2.45) is 0 Å². The van der Waals surface area contributed by atoms with Crippen molar-refractivity contribution in [2.45, 2.75) is 24.9 Å². The summed E-state index contributed by atoms with van der Waals surface area (Å²) in [5.41, 5.74) is 3.18. The summed E-state index contributed by atoms with van der Waals surface area (Å²) in [6, 6.07) is 17.3. The van der Waals surface area contributed by atoms with Gasteiger partial charge in [0.2, 0.25) is 10.0 Å². The quantitative estimate of drug-likeness (QED) is 0.644. The van der Waals surface area contributed by atoms with Crippen molar-refractivity contribution in [1.82, 2.24) is 15.0 Å². The molecule has 0 spiro atoms. The lowest BCUT2D eigenvalue weighted by Gasteiger charge is -2.09. The van der Waals surface area contributed by atoms with Crippen molar-refractivity contribution in [3.63, 3.8) is 0 Å². The predicted molar refractivity (Wildman–Crippen MR) is 107 cm³/mol. The molecule has 0 aliphatic carbocycles. The summed E-state index contributed by atoms with van der Waals surface area (Å²) in [6.07, 6.45) is 3.20. The number of amides is 1. The van der Waals surface area contributed by atoms with Gasteiger partial charge in [0, 0.05) is 31.0 Å². The van der Waals surface area contributed by atoms with Crippen LogP contribution in [0.1, 0.15) is 27.0 Å². The van der Waals surface area contributed by atoms with E-state index in [1.165, 1.54) is 12.1 Å². The molecule has 0 unspecified atom stereocenters. The minimum atomic E-state index is -3.74. The number of carbonyl (C=O) groups excluding carboxylic acids is 1. The first-order valence-corrected chi connectivity index (χ1v) is 10.2. The SMILES string of the molecule is Cc1cccc(CNC(=O)c2cccc(S(=O)(=O)NCc3ccncc3)c2)c1. The van der Waals surface area contributed by atoms with Crippen LogP contribution in [0, 0.1) is 6.92 Å². The normalized spacial score (nSPS) is 11.2. The van der Waals surface area contributed by atoms with E-state index in [-0.39, 0.29) is 17.3 Å². The molecule has 2 N–H and O–H groups in total. The number of aryl methyl sites for hydroxylation is 1. The molecule has 0 saturated carbocycles. The smallest absolute Gasteiger partial charge is 0.251 e. The summed E-state index contributed by atoms with van der Waals surface area (Å²) in [5, 5.41) is 2.82. The Kier molecular flexibility index (Phi) is 6.18. The van der Waals surface area contributed by atoms with E-state index in [4.69, 9.17) is 0 Å². The van der Waals surface area contributed by atoms with Gasteiger partial charge in [-0.1, -0.05) is 35.9 Å². The van der Waals surface area contributed by atoms with Crippen LogP contribution in [-0.4, -0.2) is 19.3 Å². The zero-order chi connectivity index (χ0) is 20.0. The van der Waals surface area contributed by atoms with Gasteiger partial charge in [0.25, 0.3) is 5.91 Å². The summed E-state index contributed by atoms with van der Waals surface area (Å²) in [7, 11) is -3.74. The summed E-state index contributed by atoms with van der Waals surface area (Å²) >= 11 is 0. The lowest BCUT2D eigenvalue weighted by Crippen LogP contribution is -2.25. The van der Waals surface area contributed by atoms with Gasteiger partial charge in [-0.05, 0) is 48.4 Å². The van der Waals surface area contributed by atoms with Crippen molar-refractivity contribution in [3.05, 3.63) is 95.3 Å². The fourth-order valence-electron chi connectivity index (χ4n) is 2.67. The minimum absolute atomic E-state index is 0.0461. The standard InChI is InChI=1S/C21H21N3O3S/c1-16-4-2-5-18(12-16)14-23-21(25)19-6-3-7-20(13-19)28(26,27)24-15-17-8-10-22-11-9-17/h2-13,24H,14-15H2,1H3,(H,23,25). The first-order chi connectivity index (χ1) is 13.4. The average Bonchev–Trinajstić information content (AvgIpc) is 2.71. The molecule has 28 heavy (non-hydrogen) atoms. The molecule has 0 aliphatic rings. The molecule has 0 radical (unpaired) electrons. The van der Waals surface area contributed by atoms with Crippen LogP contribution in [0.5, 0.6) is 0 Å². The van der Waals surface area contributed by atoms with Crippen molar-refractivity contribution in [1.29, 1.82) is 0 Å². The maximum Gasteiger partial charge on any atom is 0.251 e. The number of aromatic nitrogens is 1. The molecule has 1 amide bonds. The molecule has 6 nitrogen and oxygen atoms in total. The second kappa shape index (κ2) is 8.77. The third-order valence-electron chi connectivity index (χ3n) is 4.16. The molecule has 144 valence electrons. The van der Waals surface area contributed by atoms with Crippen LogP contribution in [0.3, 0.4) is 0 Å². The molecule has 1 aromatic heterocycles. The van der Waals surface area contributed by atoms with Gasteiger partial charge in [0.15, 0.2) is 0 Å². The summed E-state index contributed by atoms with van der Waals surface area (Å²) < 4.78 is 27.6. The predicted octanol–water partition coefficient (Wildman–Crippen LogP) is 2.80. The average molecular weight is 395 g/mol. The highest BCUT2D eigenvalue weighted by molar-refractivity contribution is 7.89. The van der Waals surface area contributed by atoms with Crippen LogP contribution >= 0.6 is 0 Å². The first kappa shape index (κ1) is 19.7. The van der Waals surface area contributed by atoms with Crippen LogP contribution in [0.2, 0.25) is 0 Å². The summed E-state index contributed by atoms with van der Waals surface area (Å²) in [5.74, 6) is -0.326. The monoisotopic (exact) mass is 395 g/mol. The van der Waals surface area contributed by atoms with Gasteiger partial charge in [-0.15, -0.1) is 0 Å². The van der Waals surface area contributed by atoms with Gasteiger partial charge in [-0.2, -0.15) is 0 Å². The largest absolute Gasteiger partial charge is 0.348 e. The van der Waals surface area contributed by atoms with Gasteiger partial charge in [-0.3, -0.25) is 9.78 Å². The van der Waals surface area contributed by atoms with E-state index in [9.17, 15) is 13.2 Å². The van der Waals surface area contributed by atoms with Gasteiger partial charge in [0.05, 0.1) is 4.90 Å². The Morgan fingerprint density at radius 1 is 0.929 bits per heavy atom. The lowest BCUT2D eigenvalue weighted by molar-refractivity contribution is 0.0950. The van der Waals surface area contributed by atoms with Gasteiger partial charge in [0.1, 0.15) is 0 Å². The second-order valence-corrected chi connectivity index (χ2v) is 8.15. The Morgan fingerprint density at radius 3 is 2.43 bits per heavy atom. The highest BCUT2D eigenvalue weighted by Gasteiger charge is 2.16. The Morgan fingerprint density at radius 2 is 1.68 bits per heavy atom. The maximum atomic E-state index is 12.5. The van der Waals surface area contributed by atoms with Crippen LogP contribution in [0.4, 0.5) is 0 Å². The molecule has 0 saturated heterocycles. The van der Waals surface area contributed by atoms with E-state index >= 15 is 0 Å². The molecule has 0 aliphatic heterocycles. The Labute approximate surface area is 164 Å². The molecular weight excluding hydrogens is 374 g/mol. The number of hydrogen-bond acceptors (Lipinski definition) is 4. The number of hydrogen-bond donors (Lipinski definition) is 2. The van der Waals surface area contributed by atoms with Crippen molar-refractivity contribution in [2.75, 3.05) is 0 Å². The van der Waals surface area contributed by atoms with Gasteiger partial charge in [-0.25, -0.2) is 13.1 Å². The molecule has 2 aromatic carbocycles. The minimum Gasteiger partial charge on any atom is -0.348 e. The lowest BCUT2D eigenvalue weighted by atomic mass is 10.1. The fourth-order valence-corrected chi connectivity index (χ4v) is 3.74. The van der Waals surface area contributed by atoms with E-state index in [0.29, 0.717) is 12.1 Å². The van der Waals surface area contributed by atoms with Crippen LogP contribution < -0.4 is 10.0 Å². The summed E-state index contributed by atoms with van der Waals surface area (Å²) in [4.78, 5) is 16.4. The number of carbonyl (C=O) groups is 1. The van der Waals surface area contributed by atoms with Crippen molar-refractivity contribution in [3.8, 4) is 0 Å². The van der Waals surface area contributed by atoms with E-state index in [0.717, 1.165) is 16.7 Å². The number of benzene rings is 2. The Bertz CT molecular complexity index is 1070. The number of nitrogens with zero attached hydrogens (tertiary/aromatic N) is 1. The maximum absolute atomic E-state index is 12.5. The molecule has 7 heteroatoms. The van der Waals surface area contributed by atoms with E-state index in [1.54, 1.807) is 36.7 Å². The number of pyridine rings is 1. The zero-order valence-electron chi connectivity index (χ0n) is 15.4. The third-order valence-corrected chi connectivity index (χ3v) is 5.56. The first-order valence-electron chi connectivity index (χ1n) is 8.76. The molecule has 1 heterocycles. The van der Waals surface area contributed by atoms with Crippen LogP contribution in [-0.2, 0) is 23.1 Å². The molecule has 0 atom stereocenters. The molecular formula is C21H21N3O3S. The van der Waals surface area contributed by atoms with E-state index < -0.39 is 10.0 Å². The molecule has 3 aromatic rings. The highest BCUT2D eigenvalue weighted by Crippen LogP contribution is 2.13. The van der Waals surface area contributed by atoms with Crippen molar-refractivity contribution >= 4 is 15.9 Å². The number of rotatable bonds is 7. The molecule has 0 fully saturated rings. The van der Waals surface area contributed by atoms with E-state index in [2.05, 4.69) is 15.0 Å². The Balaban J connectivity index is 1.67. The van der Waals surface area contributed by atoms with E-state index in [1.807, 2.05) is 31.2 Å². The van der Waals surface area contributed by atoms with Gasteiger partial charge < -0.3 is 5.32 Å². The number of nitrogens with one attached hydrogen (secondary N) is 2. The molecule has 3 rings (SSSR count). The van der Waals surface area contributed by atoms with Crippen LogP contribution in [0.15, 0.2) is 78.0 Å². The van der Waals surface area contributed by atoms with Gasteiger partial charge >= 0.3 is 0 Å². The van der Waals surface area contributed by atoms with Crippen molar-refractivity contribution < 1.29 is 13.2 Å².